The van der Waals surface area contributed by atoms with Crippen molar-refractivity contribution >= 4 is 34.3 Å². The van der Waals surface area contributed by atoms with Gasteiger partial charge in [-0.3, -0.25) is 9.59 Å². The lowest BCUT2D eigenvalue weighted by Crippen LogP contribution is -2.44. The summed E-state index contributed by atoms with van der Waals surface area (Å²) in [5.41, 5.74) is 5.26. The van der Waals surface area contributed by atoms with Gasteiger partial charge in [0, 0.05) is 22.1 Å². The van der Waals surface area contributed by atoms with Gasteiger partial charge in [-0.15, -0.1) is 8.78 Å². The number of hydrogen-bond donors (Lipinski definition) is 3. The summed E-state index contributed by atoms with van der Waals surface area (Å²) in [6, 6.07) is 10.6. The number of aliphatic hydroxyl groups is 1. The van der Waals surface area contributed by atoms with Crippen LogP contribution in [-0.2, 0) is 15.8 Å². The standard InChI is InChI=1S/C33H29ClF2N4O7/c1-15-21(34)9-17-8-18(11-24(44-3)26(17)39-15)29(41)38-13-32(43,19-5-6-19)25-12-20-28(45-14-31(20,2)30(37)42)27(40-25)16-4-7-22-23(10-16)47-33(35,36)46-22/h4,7-12,19,43H,5-6,13-14H2,1-3H3,(H2,37,42)(H,38,41)/t31-,32+/m0/s1. The Bertz CT molecular complexity index is 2010. The van der Waals surface area contributed by atoms with Crippen molar-refractivity contribution in [1.29, 1.82) is 0 Å². The smallest absolute Gasteiger partial charge is 0.494 e. The number of nitrogens with one attached hydrogen (secondary N) is 1. The van der Waals surface area contributed by atoms with Gasteiger partial charge in [0.05, 0.1) is 30.1 Å². The number of carbonyl (C=O) groups excluding carboxylic acids is 2. The molecular formula is C33H29ClF2N4O7. The summed E-state index contributed by atoms with van der Waals surface area (Å²) in [4.78, 5) is 35.5. The molecule has 0 spiro atoms. The molecule has 4 aromatic rings. The monoisotopic (exact) mass is 666 g/mol. The molecule has 0 saturated heterocycles. The minimum Gasteiger partial charge on any atom is -0.494 e. The van der Waals surface area contributed by atoms with E-state index < -0.39 is 29.1 Å². The zero-order chi connectivity index (χ0) is 33.5. The van der Waals surface area contributed by atoms with Crippen LogP contribution in [-0.4, -0.2) is 53.4 Å². The molecule has 0 bridgehead atoms. The van der Waals surface area contributed by atoms with Crippen LogP contribution < -0.4 is 30.0 Å². The van der Waals surface area contributed by atoms with E-state index in [4.69, 9.17) is 31.8 Å². The van der Waals surface area contributed by atoms with Crippen LogP contribution in [0.5, 0.6) is 23.0 Å². The number of nitrogens with zero attached hydrogens (tertiary/aromatic N) is 2. The fourth-order valence-corrected chi connectivity index (χ4v) is 6.19. The van der Waals surface area contributed by atoms with Crippen molar-refractivity contribution in [2.45, 2.75) is 44.0 Å². The van der Waals surface area contributed by atoms with Gasteiger partial charge in [-0.05, 0) is 75.1 Å². The van der Waals surface area contributed by atoms with Crippen LogP contribution in [0.4, 0.5) is 8.78 Å². The molecule has 2 aromatic heterocycles. The second kappa shape index (κ2) is 10.6. The second-order valence-electron chi connectivity index (χ2n) is 12.2. The normalized spacial score (nSPS) is 20.3. The Morgan fingerprint density at radius 2 is 1.89 bits per heavy atom. The van der Waals surface area contributed by atoms with Crippen molar-refractivity contribution in [2.75, 3.05) is 20.3 Å². The van der Waals surface area contributed by atoms with Crippen molar-refractivity contribution in [3.8, 4) is 34.3 Å². The maximum Gasteiger partial charge on any atom is 0.586 e. The Hall–Kier alpha value is -4.75. The number of methoxy groups -OCH3 is 1. The maximum absolute atomic E-state index is 13.8. The maximum atomic E-state index is 13.8. The molecule has 4 N–H and O–H groups in total. The number of hydrogen-bond acceptors (Lipinski definition) is 9. The summed E-state index contributed by atoms with van der Waals surface area (Å²) in [6.45, 7) is 3.04. The SMILES string of the molecule is COc1cc(C(=O)NC[C@](O)(c2cc3c(c(-c4ccc5c(c4)OC(F)(F)O5)n2)OC[C@]3(C)C(N)=O)C2CC2)cc2cc(Cl)c(C)nc12. The van der Waals surface area contributed by atoms with E-state index in [2.05, 4.69) is 19.8 Å². The predicted molar refractivity (Wildman–Crippen MR) is 165 cm³/mol. The van der Waals surface area contributed by atoms with E-state index in [9.17, 15) is 23.5 Å². The molecule has 3 aliphatic rings. The highest BCUT2D eigenvalue weighted by Gasteiger charge is 2.50. The Morgan fingerprint density at radius 3 is 2.60 bits per heavy atom. The first-order chi connectivity index (χ1) is 22.2. The minimum atomic E-state index is -3.83. The number of primary amides is 1. The number of carbonyl (C=O) groups is 2. The third-order valence-corrected chi connectivity index (χ3v) is 9.38. The lowest BCUT2D eigenvalue weighted by molar-refractivity contribution is -0.286. The topological polar surface area (TPSA) is 155 Å². The van der Waals surface area contributed by atoms with E-state index in [-0.39, 0.29) is 53.3 Å². The minimum absolute atomic E-state index is 0.0980. The van der Waals surface area contributed by atoms with Gasteiger partial charge in [0.1, 0.15) is 40.3 Å². The van der Waals surface area contributed by atoms with E-state index in [1.54, 1.807) is 38.1 Å². The van der Waals surface area contributed by atoms with Crippen LogP contribution in [0, 0.1) is 12.8 Å². The number of aryl methyl sites for hydroxylation is 1. The number of amides is 2. The molecule has 2 aliphatic heterocycles. The van der Waals surface area contributed by atoms with Gasteiger partial charge in [0.15, 0.2) is 11.5 Å². The van der Waals surface area contributed by atoms with E-state index in [1.807, 2.05) is 0 Å². The average molecular weight is 667 g/mol. The summed E-state index contributed by atoms with van der Waals surface area (Å²) < 4.78 is 48.2. The highest BCUT2D eigenvalue weighted by Crippen LogP contribution is 2.51. The number of fused-ring (bicyclic) bond motifs is 3. The molecule has 14 heteroatoms. The Morgan fingerprint density at radius 1 is 1.15 bits per heavy atom. The van der Waals surface area contributed by atoms with Crippen LogP contribution in [0.15, 0.2) is 42.5 Å². The van der Waals surface area contributed by atoms with E-state index >= 15 is 0 Å². The average Bonchev–Trinajstić information content (AvgIpc) is 3.77. The molecule has 2 aromatic carbocycles. The molecule has 0 unspecified atom stereocenters. The van der Waals surface area contributed by atoms with Crippen molar-refractivity contribution in [2.24, 2.45) is 11.7 Å². The molecular weight excluding hydrogens is 638 g/mol. The number of alkyl halides is 2. The van der Waals surface area contributed by atoms with Crippen molar-refractivity contribution in [1.82, 2.24) is 15.3 Å². The first-order valence-corrected chi connectivity index (χ1v) is 15.1. The predicted octanol–water partition coefficient (Wildman–Crippen LogP) is 4.75. The fraction of sp³-hybridized carbons (Fsp3) is 0.333. The highest BCUT2D eigenvalue weighted by molar-refractivity contribution is 6.31. The number of rotatable bonds is 8. The van der Waals surface area contributed by atoms with Crippen LogP contribution in [0.1, 0.15) is 47.1 Å². The Labute approximate surface area is 271 Å². The number of halogens is 3. The molecule has 4 heterocycles. The lowest BCUT2D eigenvalue weighted by atomic mass is 9.81. The molecule has 244 valence electrons. The molecule has 2 amide bonds. The molecule has 1 fully saturated rings. The van der Waals surface area contributed by atoms with Crippen molar-refractivity contribution < 1.29 is 42.4 Å². The lowest BCUT2D eigenvalue weighted by Gasteiger charge is -2.30. The summed E-state index contributed by atoms with van der Waals surface area (Å²) in [6.07, 6.45) is -2.53. The van der Waals surface area contributed by atoms with Gasteiger partial charge in [-0.1, -0.05) is 11.6 Å². The molecule has 11 nitrogen and oxygen atoms in total. The van der Waals surface area contributed by atoms with Gasteiger partial charge >= 0.3 is 6.29 Å². The molecule has 2 atom stereocenters. The summed E-state index contributed by atoms with van der Waals surface area (Å²) in [5, 5.41) is 16.1. The third-order valence-electron chi connectivity index (χ3n) is 9.00. The number of nitrogens with two attached hydrogens (primary N) is 1. The largest absolute Gasteiger partial charge is 0.586 e. The van der Waals surface area contributed by atoms with Gasteiger partial charge in [-0.2, -0.15) is 0 Å². The second-order valence-corrected chi connectivity index (χ2v) is 12.6. The van der Waals surface area contributed by atoms with Gasteiger partial charge in [0.2, 0.25) is 5.91 Å². The molecule has 1 saturated carbocycles. The first kappa shape index (κ1) is 30.9. The van der Waals surface area contributed by atoms with Gasteiger partial charge in [-0.25, -0.2) is 9.97 Å². The summed E-state index contributed by atoms with van der Waals surface area (Å²) in [5.74, 6) is -1.23. The van der Waals surface area contributed by atoms with Crippen molar-refractivity contribution in [3.63, 3.8) is 0 Å². The zero-order valence-electron chi connectivity index (χ0n) is 25.4. The Balaban J connectivity index is 1.28. The van der Waals surface area contributed by atoms with E-state index in [0.717, 1.165) is 0 Å². The van der Waals surface area contributed by atoms with Crippen LogP contribution in [0.3, 0.4) is 0 Å². The van der Waals surface area contributed by atoms with Crippen LogP contribution in [0.2, 0.25) is 5.02 Å². The fourth-order valence-electron chi connectivity index (χ4n) is 6.03. The molecule has 7 rings (SSSR count). The quantitative estimate of drug-likeness (QED) is 0.242. The van der Waals surface area contributed by atoms with Gasteiger partial charge < -0.3 is 35.1 Å². The first-order valence-electron chi connectivity index (χ1n) is 14.8. The third kappa shape index (κ3) is 5.13. The van der Waals surface area contributed by atoms with Crippen LogP contribution >= 0.6 is 11.6 Å². The highest BCUT2D eigenvalue weighted by atomic mass is 35.5. The van der Waals surface area contributed by atoms with Crippen LogP contribution in [0.25, 0.3) is 22.2 Å². The number of pyridine rings is 2. The number of benzene rings is 2. The molecule has 1 aliphatic carbocycles. The molecule has 0 radical (unpaired) electrons. The number of aromatic nitrogens is 2. The zero-order valence-corrected chi connectivity index (χ0v) is 26.2. The number of ether oxygens (including phenoxy) is 4. The van der Waals surface area contributed by atoms with E-state index in [0.29, 0.717) is 51.3 Å². The molecule has 47 heavy (non-hydrogen) atoms. The van der Waals surface area contributed by atoms with E-state index in [1.165, 1.54) is 25.3 Å². The summed E-state index contributed by atoms with van der Waals surface area (Å²) in [7, 11) is 1.47. The summed E-state index contributed by atoms with van der Waals surface area (Å²) >= 11 is 6.29. The van der Waals surface area contributed by atoms with Gasteiger partial charge in [0.25, 0.3) is 5.91 Å². The van der Waals surface area contributed by atoms with Crippen molar-refractivity contribution in [3.05, 3.63) is 70.0 Å². The Kier molecular flexibility index (Phi) is 6.99.